The Bertz CT molecular complexity index is 1560. The van der Waals surface area contributed by atoms with Crippen molar-refractivity contribution in [3.63, 3.8) is 0 Å². The zero-order valence-corrected chi connectivity index (χ0v) is 24.0. The molecule has 5 rings (SSSR count). The maximum atomic E-state index is 13.4. The topological polar surface area (TPSA) is 134 Å². The van der Waals surface area contributed by atoms with Gasteiger partial charge < -0.3 is 15.6 Å². The van der Waals surface area contributed by atoms with Crippen molar-refractivity contribution in [1.82, 2.24) is 29.4 Å². The molecule has 1 atom stereocenters. The van der Waals surface area contributed by atoms with Crippen molar-refractivity contribution in [3.05, 3.63) is 85.4 Å². The van der Waals surface area contributed by atoms with E-state index in [1.54, 1.807) is 23.9 Å². The van der Waals surface area contributed by atoms with Gasteiger partial charge in [0.15, 0.2) is 0 Å². The van der Waals surface area contributed by atoms with Crippen molar-refractivity contribution in [3.8, 4) is 5.69 Å². The number of aromatic nitrogens is 4. The first-order valence-corrected chi connectivity index (χ1v) is 14.3. The molecule has 2 aliphatic rings. The summed E-state index contributed by atoms with van der Waals surface area (Å²) in [6.45, 7) is 2.26. The van der Waals surface area contributed by atoms with Crippen LogP contribution in [0.3, 0.4) is 0 Å². The quantitative estimate of drug-likeness (QED) is 0.284. The number of H-pyrrole nitrogens is 1. The molecule has 1 aliphatic carbocycles. The predicted octanol–water partition coefficient (Wildman–Crippen LogP) is 3.69. The van der Waals surface area contributed by atoms with Crippen molar-refractivity contribution in [2.75, 3.05) is 19.8 Å². The number of halogens is 2. The second-order valence-corrected chi connectivity index (χ2v) is 11.1. The number of nitrogens with one attached hydrogen (secondary N) is 2. The number of pyridine rings is 1. The molecule has 1 fully saturated rings. The highest BCUT2D eigenvalue weighted by molar-refractivity contribution is 7.96. The summed E-state index contributed by atoms with van der Waals surface area (Å²) in [4.78, 5) is 38.4. The molecule has 39 heavy (non-hydrogen) atoms. The van der Waals surface area contributed by atoms with E-state index in [0.29, 0.717) is 28.7 Å². The maximum Gasteiger partial charge on any atom is 0.294 e. The van der Waals surface area contributed by atoms with Gasteiger partial charge >= 0.3 is 0 Å². The molecular weight excluding hydrogens is 559 g/mol. The van der Waals surface area contributed by atoms with Crippen LogP contribution in [0.15, 0.2) is 57.8 Å². The van der Waals surface area contributed by atoms with E-state index >= 15 is 0 Å². The number of nitrogens with zero attached hydrogens (tertiary/aromatic N) is 5. The van der Waals surface area contributed by atoms with Crippen LogP contribution in [0.2, 0.25) is 10.0 Å². The third-order valence-electron chi connectivity index (χ3n) is 7.19. The largest absolute Gasteiger partial charge is 0.400 e. The number of nitrogens with two attached hydrogens (primary N) is 1. The summed E-state index contributed by atoms with van der Waals surface area (Å²) in [7, 11) is 1.74. The number of carbonyl (C=O) groups is 1. The van der Waals surface area contributed by atoms with E-state index in [0.717, 1.165) is 35.3 Å². The molecule has 3 heterocycles. The van der Waals surface area contributed by atoms with Gasteiger partial charge in [0, 0.05) is 41.6 Å². The van der Waals surface area contributed by atoms with Crippen LogP contribution in [0.4, 0.5) is 0 Å². The van der Waals surface area contributed by atoms with Gasteiger partial charge in [-0.2, -0.15) is 0 Å². The summed E-state index contributed by atoms with van der Waals surface area (Å²) in [5.74, 6) is -0.432. The lowest BCUT2D eigenvalue weighted by Crippen LogP contribution is -2.47. The molecule has 4 N–H and O–H groups in total. The molecular formula is C26H28Cl2N8O2S. The second kappa shape index (κ2) is 10.8. The normalized spacial score (nSPS) is 18.9. The molecule has 13 heteroatoms. The van der Waals surface area contributed by atoms with E-state index < -0.39 is 11.6 Å². The van der Waals surface area contributed by atoms with Crippen LogP contribution in [0, 0.1) is 0 Å². The Morgan fingerprint density at radius 1 is 1.26 bits per heavy atom. The molecule has 0 saturated heterocycles. The van der Waals surface area contributed by atoms with E-state index in [1.165, 1.54) is 23.3 Å². The van der Waals surface area contributed by atoms with Gasteiger partial charge in [-0.1, -0.05) is 35.1 Å². The van der Waals surface area contributed by atoms with Crippen molar-refractivity contribution < 1.29 is 4.79 Å². The Hall–Kier alpha value is -3.12. The molecule has 0 radical (unpaired) electrons. The van der Waals surface area contributed by atoms with Gasteiger partial charge in [-0.25, -0.2) is 9.67 Å². The van der Waals surface area contributed by atoms with Crippen LogP contribution in [-0.2, 0) is 5.54 Å². The molecule has 1 aromatic carbocycles. The molecule has 1 amide bonds. The maximum absolute atomic E-state index is 13.4. The summed E-state index contributed by atoms with van der Waals surface area (Å²) >= 11 is 14.1. The number of benzene rings is 1. The first-order chi connectivity index (χ1) is 18.7. The van der Waals surface area contributed by atoms with E-state index in [9.17, 15) is 9.59 Å². The van der Waals surface area contributed by atoms with Crippen LogP contribution in [0.25, 0.3) is 5.69 Å². The van der Waals surface area contributed by atoms with Gasteiger partial charge in [0.25, 0.3) is 11.5 Å². The average molecular weight is 588 g/mol. The summed E-state index contributed by atoms with van der Waals surface area (Å²) in [6, 6.07) is 7.06. The first-order valence-electron chi connectivity index (χ1n) is 12.4. The van der Waals surface area contributed by atoms with Gasteiger partial charge in [-0.15, -0.1) is 5.10 Å². The molecule has 2 aromatic heterocycles. The third kappa shape index (κ3) is 5.23. The summed E-state index contributed by atoms with van der Waals surface area (Å²) in [5, 5.41) is 5.20. The average Bonchev–Trinajstić information content (AvgIpc) is 3.53. The SMILES string of the molecule is CN=C(C1=C(N)C(C)N(C(=O)c2ncn(-c3cc(Cl)c[nH]c3=O)n2)CC1)c1cc(Cl)cc(C2(NSC)CC2)c1. The number of rotatable bonds is 7. The highest BCUT2D eigenvalue weighted by Crippen LogP contribution is 2.47. The van der Waals surface area contributed by atoms with E-state index in [1.807, 2.05) is 25.3 Å². The Labute approximate surface area is 239 Å². The predicted molar refractivity (Wildman–Crippen MR) is 155 cm³/mol. The molecule has 1 unspecified atom stereocenters. The first kappa shape index (κ1) is 27.4. The minimum atomic E-state index is -0.425. The van der Waals surface area contributed by atoms with Crippen molar-refractivity contribution in [2.45, 2.75) is 37.8 Å². The Morgan fingerprint density at radius 3 is 2.72 bits per heavy atom. The van der Waals surface area contributed by atoms with Crippen molar-refractivity contribution in [1.29, 1.82) is 0 Å². The van der Waals surface area contributed by atoms with E-state index in [4.69, 9.17) is 28.9 Å². The summed E-state index contributed by atoms with van der Waals surface area (Å²) in [5.41, 5.74) is 10.5. The molecule has 204 valence electrons. The number of aromatic amines is 1. The smallest absolute Gasteiger partial charge is 0.294 e. The minimum Gasteiger partial charge on any atom is -0.400 e. The zero-order valence-electron chi connectivity index (χ0n) is 21.7. The summed E-state index contributed by atoms with van der Waals surface area (Å²) < 4.78 is 4.74. The van der Waals surface area contributed by atoms with Crippen LogP contribution >= 0.6 is 35.1 Å². The molecule has 1 aliphatic heterocycles. The van der Waals surface area contributed by atoms with Crippen molar-refractivity contribution >= 4 is 46.8 Å². The Balaban J connectivity index is 1.41. The number of carbonyl (C=O) groups excluding carboxylic acids is 1. The number of hydrogen-bond acceptors (Lipinski definition) is 8. The molecule has 0 spiro atoms. The zero-order chi connectivity index (χ0) is 27.9. The molecule has 0 bridgehead atoms. The standard InChI is InChI=1S/C26H28Cl2N8O2S/c1-14-21(29)19(22(30-2)15-8-16(10-17(27)9-15)26(5-6-26)34-39-3)4-7-35(14)25(38)23-32-13-36(33-23)20-11-18(28)12-31-24(20)37/h8-14,34H,4-7,29H2,1-3H3,(H,31,37). The van der Waals surface area contributed by atoms with Gasteiger partial charge in [-0.3, -0.25) is 19.3 Å². The Morgan fingerprint density at radius 2 is 2.03 bits per heavy atom. The molecule has 3 aromatic rings. The van der Waals surface area contributed by atoms with Crippen molar-refractivity contribution in [2.24, 2.45) is 10.7 Å². The molecule has 1 saturated carbocycles. The van der Waals surface area contributed by atoms with Crippen LogP contribution < -0.4 is 16.0 Å². The van der Waals surface area contributed by atoms with E-state index in [2.05, 4.69) is 30.8 Å². The summed E-state index contributed by atoms with van der Waals surface area (Å²) in [6.07, 6.45) is 7.29. The van der Waals surface area contributed by atoms with E-state index in [-0.39, 0.29) is 23.0 Å². The van der Waals surface area contributed by atoms with Crippen LogP contribution in [-0.4, -0.2) is 62.2 Å². The fourth-order valence-corrected chi connectivity index (χ4v) is 6.06. The monoisotopic (exact) mass is 586 g/mol. The minimum absolute atomic E-state index is 0.0441. The van der Waals surface area contributed by atoms with Gasteiger partial charge in [0.05, 0.1) is 22.3 Å². The number of aliphatic imine (C=N–C) groups is 1. The van der Waals surface area contributed by atoms with Gasteiger partial charge in [0.2, 0.25) is 5.82 Å². The lowest BCUT2D eigenvalue weighted by Gasteiger charge is -2.35. The fourth-order valence-electron chi connectivity index (χ4n) is 4.96. The van der Waals surface area contributed by atoms with Crippen LogP contribution in [0.1, 0.15) is 47.9 Å². The van der Waals surface area contributed by atoms with Gasteiger partial charge in [0.1, 0.15) is 12.0 Å². The highest BCUT2D eigenvalue weighted by Gasteiger charge is 2.44. The number of hydrogen-bond donors (Lipinski definition) is 3. The lowest BCUT2D eigenvalue weighted by atomic mass is 9.90. The number of amides is 1. The highest BCUT2D eigenvalue weighted by atomic mass is 35.5. The fraction of sp³-hybridized carbons (Fsp3) is 0.346. The third-order valence-corrected chi connectivity index (χ3v) is 8.22. The van der Waals surface area contributed by atoms with Gasteiger partial charge in [-0.05, 0) is 62.3 Å². The second-order valence-electron chi connectivity index (χ2n) is 9.59. The molecule has 10 nitrogen and oxygen atoms in total. The van der Waals surface area contributed by atoms with Crippen LogP contribution in [0.5, 0.6) is 0 Å². The Kier molecular flexibility index (Phi) is 7.60. The lowest BCUT2D eigenvalue weighted by molar-refractivity contribution is 0.0694.